The third-order valence-corrected chi connectivity index (χ3v) is 2.90. The van der Waals surface area contributed by atoms with Crippen LogP contribution < -0.4 is 11.1 Å². The van der Waals surface area contributed by atoms with Gasteiger partial charge in [-0.2, -0.15) is 10.2 Å². The molecule has 0 bridgehead atoms. The summed E-state index contributed by atoms with van der Waals surface area (Å²) in [6.07, 6.45) is 0. The molecule has 3 rings (SSSR count). The van der Waals surface area contributed by atoms with E-state index in [1.165, 1.54) is 0 Å². The molecule has 0 aliphatic heterocycles. The van der Waals surface area contributed by atoms with Crippen molar-refractivity contribution in [3.63, 3.8) is 0 Å². The van der Waals surface area contributed by atoms with Crippen LogP contribution in [0.1, 0.15) is 5.56 Å². The van der Waals surface area contributed by atoms with Gasteiger partial charge in [-0.25, -0.2) is 4.98 Å². The van der Waals surface area contributed by atoms with Gasteiger partial charge in [0.2, 0.25) is 5.95 Å². The van der Waals surface area contributed by atoms with Crippen molar-refractivity contribution in [3.8, 4) is 6.07 Å². The van der Waals surface area contributed by atoms with E-state index in [2.05, 4.69) is 21.4 Å². The first-order valence-electron chi connectivity index (χ1n) is 6.06. The predicted molar refractivity (Wildman–Crippen MR) is 78.4 cm³/mol. The molecule has 1 aromatic heterocycles. The number of nitrogens with zero attached hydrogens (tertiary/aromatic N) is 3. The molecular weight excluding hydrogens is 250 g/mol. The van der Waals surface area contributed by atoms with Crippen molar-refractivity contribution in [2.45, 2.75) is 0 Å². The van der Waals surface area contributed by atoms with Gasteiger partial charge in [-0.15, -0.1) is 0 Å². The molecule has 0 aliphatic rings. The molecule has 3 N–H and O–H groups in total. The van der Waals surface area contributed by atoms with Crippen molar-refractivity contribution in [2.24, 2.45) is 0 Å². The number of aromatic nitrogens is 2. The number of rotatable bonds is 2. The molecule has 3 aromatic rings. The average molecular weight is 261 g/mol. The Kier molecular flexibility index (Phi) is 2.90. The number of nitrogen functional groups attached to an aromatic ring is 1. The molecule has 0 saturated heterocycles. The first kappa shape index (κ1) is 11.9. The molecule has 2 aromatic carbocycles. The minimum absolute atomic E-state index is 0.222. The van der Waals surface area contributed by atoms with Gasteiger partial charge in [-0.05, 0) is 36.4 Å². The summed E-state index contributed by atoms with van der Waals surface area (Å²) in [5, 5.41) is 12.9. The van der Waals surface area contributed by atoms with Crippen molar-refractivity contribution < 1.29 is 0 Å². The Morgan fingerprint density at radius 1 is 1.00 bits per heavy atom. The maximum Gasteiger partial charge on any atom is 0.222 e. The molecule has 0 spiro atoms. The van der Waals surface area contributed by atoms with Gasteiger partial charge in [-0.1, -0.05) is 12.1 Å². The van der Waals surface area contributed by atoms with Gasteiger partial charge in [-0.3, -0.25) is 0 Å². The fraction of sp³-hybridized carbons (Fsp3) is 0. The molecule has 0 atom stereocenters. The Bertz CT molecular complexity index is 803. The van der Waals surface area contributed by atoms with Crippen LogP contribution in [0.4, 0.5) is 17.5 Å². The van der Waals surface area contributed by atoms with Crippen molar-refractivity contribution in [1.82, 2.24) is 9.97 Å². The van der Waals surface area contributed by atoms with Crippen LogP contribution in [-0.4, -0.2) is 9.97 Å². The van der Waals surface area contributed by atoms with E-state index in [-0.39, 0.29) is 5.95 Å². The molecule has 5 heteroatoms. The topological polar surface area (TPSA) is 87.6 Å². The molecule has 0 saturated carbocycles. The third kappa shape index (κ3) is 2.22. The molecule has 0 aliphatic carbocycles. The predicted octanol–water partition coefficient (Wildman–Crippen LogP) is 2.83. The summed E-state index contributed by atoms with van der Waals surface area (Å²) in [5.74, 6) is 0.873. The van der Waals surface area contributed by atoms with Crippen molar-refractivity contribution >= 4 is 28.4 Å². The van der Waals surface area contributed by atoms with Crippen LogP contribution in [0.2, 0.25) is 0 Å². The van der Waals surface area contributed by atoms with E-state index in [9.17, 15) is 0 Å². The van der Waals surface area contributed by atoms with Gasteiger partial charge in [0.1, 0.15) is 5.82 Å². The fourth-order valence-corrected chi connectivity index (χ4v) is 1.95. The number of hydrogen-bond acceptors (Lipinski definition) is 5. The van der Waals surface area contributed by atoms with Gasteiger partial charge < -0.3 is 11.1 Å². The molecule has 0 radical (unpaired) electrons. The second-order valence-corrected chi connectivity index (χ2v) is 4.26. The van der Waals surface area contributed by atoms with Gasteiger partial charge in [0.05, 0.1) is 17.1 Å². The van der Waals surface area contributed by atoms with E-state index < -0.39 is 0 Å². The Balaban J connectivity index is 2.03. The maximum absolute atomic E-state index is 8.79. The van der Waals surface area contributed by atoms with Crippen LogP contribution in [0.5, 0.6) is 0 Å². The number of nitrogens with two attached hydrogens (primary N) is 1. The Morgan fingerprint density at radius 3 is 2.50 bits per heavy atom. The second kappa shape index (κ2) is 4.86. The number of anilines is 3. The van der Waals surface area contributed by atoms with Gasteiger partial charge >= 0.3 is 0 Å². The van der Waals surface area contributed by atoms with E-state index in [0.29, 0.717) is 11.4 Å². The summed E-state index contributed by atoms with van der Waals surface area (Å²) >= 11 is 0. The zero-order valence-corrected chi connectivity index (χ0v) is 10.5. The molecule has 0 fully saturated rings. The smallest absolute Gasteiger partial charge is 0.222 e. The van der Waals surface area contributed by atoms with Crippen LogP contribution in [0.15, 0.2) is 48.5 Å². The fourth-order valence-electron chi connectivity index (χ4n) is 1.95. The first-order chi connectivity index (χ1) is 9.76. The highest BCUT2D eigenvalue weighted by atomic mass is 15.1. The summed E-state index contributed by atoms with van der Waals surface area (Å²) in [7, 11) is 0. The van der Waals surface area contributed by atoms with E-state index in [1.807, 2.05) is 36.4 Å². The molecule has 20 heavy (non-hydrogen) atoms. The molecule has 0 amide bonds. The van der Waals surface area contributed by atoms with Crippen LogP contribution in [0.25, 0.3) is 10.9 Å². The van der Waals surface area contributed by atoms with E-state index in [0.717, 1.165) is 16.6 Å². The highest BCUT2D eigenvalue weighted by Crippen LogP contribution is 2.24. The Hall–Kier alpha value is -3.13. The molecule has 96 valence electrons. The lowest BCUT2D eigenvalue weighted by molar-refractivity contribution is 1.23. The monoisotopic (exact) mass is 261 g/mol. The quantitative estimate of drug-likeness (QED) is 0.740. The lowest BCUT2D eigenvalue weighted by atomic mass is 10.2. The third-order valence-electron chi connectivity index (χ3n) is 2.90. The van der Waals surface area contributed by atoms with E-state index in [1.54, 1.807) is 12.1 Å². The number of hydrogen-bond donors (Lipinski definition) is 2. The highest BCUT2D eigenvalue weighted by Gasteiger charge is 2.05. The minimum atomic E-state index is 0.222. The SMILES string of the molecule is N#Cc1ccc(Nc2nc(N)nc3ccccc23)cc1. The zero-order valence-electron chi connectivity index (χ0n) is 10.5. The molecular formula is C15H11N5. The minimum Gasteiger partial charge on any atom is -0.368 e. The summed E-state index contributed by atoms with van der Waals surface area (Å²) in [6.45, 7) is 0. The molecule has 1 heterocycles. The lowest BCUT2D eigenvalue weighted by Crippen LogP contribution is -2.01. The second-order valence-electron chi connectivity index (χ2n) is 4.26. The first-order valence-corrected chi connectivity index (χ1v) is 6.06. The normalized spacial score (nSPS) is 10.2. The van der Waals surface area contributed by atoms with Gasteiger partial charge in [0.15, 0.2) is 0 Å². The van der Waals surface area contributed by atoms with Crippen molar-refractivity contribution in [3.05, 3.63) is 54.1 Å². The Labute approximate surface area is 115 Å². The standard InChI is InChI=1S/C15H11N5/c16-9-10-5-7-11(8-6-10)18-14-12-3-1-2-4-13(12)19-15(17)20-14/h1-8H,(H3,17,18,19,20). The largest absolute Gasteiger partial charge is 0.368 e. The highest BCUT2D eigenvalue weighted by molar-refractivity contribution is 5.91. The zero-order chi connectivity index (χ0) is 13.9. The van der Waals surface area contributed by atoms with Gasteiger partial charge in [0, 0.05) is 11.1 Å². The average Bonchev–Trinajstić information content (AvgIpc) is 2.48. The molecule has 0 unspecified atom stereocenters. The van der Waals surface area contributed by atoms with Crippen LogP contribution in [-0.2, 0) is 0 Å². The number of benzene rings is 2. The van der Waals surface area contributed by atoms with Crippen LogP contribution >= 0.6 is 0 Å². The van der Waals surface area contributed by atoms with E-state index in [4.69, 9.17) is 11.0 Å². The van der Waals surface area contributed by atoms with E-state index >= 15 is 0 Å². The Morgan fingerprint density at radius 2 is 1.75 bits per heavy atom. The molecule has 5 nitrogen and oxygen atoms in total. The van der Waals surface area contributed by atoms with Crippen LogP contribution in [0, 0.1) is 11.3 Å². The van der Waals surface area contributed by atoms with Gasteiger partial charge in [0.25, 0.3) is 0 Å². The number of nitriles is 1. The number of fused-ring (bicyclic) bond motifs is 1. The number of nitrogens with one attached hydrogen (secondary N) is 1. The maximum atomic E-state index is 8.79. The van der Waals surface area contributed by atoms with Crippen molar-refractivity contribution in [1.29, 1.82) is 5.26 Å². The van der Waals surface area contributed by atoms with Crippen molar-refractivity contribution in [2.75, 3.05) is 11.1 Å². The summed E-state index contributed by atoms with van der Waals surface area (Å²) in [5.41, 5.74) is 7.96. The lowest BCUT2D eigenvalue weighted by Gasteiger charge is -2.09. The number of para-hydroxylation sites is 1. The summed E-state index contributed by atoms with van der Waals surface area (Å²) < 4.78 is 0. The van der Waals surface area contributed by atoms with Crippen LogP contribution in [0.3, 0.4) is 0 Å². The summed E-state index contributed by atoms with van der Waals surface area (Å²) in [6, 6.07) is 16.9. The summed E-state index contributed by atoms with van der Waals surface area (Å²) in [4.78, 5) is 8.42.